The third-order valence-electron chi connectivity index (χ3n) is 8.15. The van der Waals surface area contributed by atoms with Gasteiger partial charge in [-0.2, -0.15) is 0 Å². The number of ether oxygens (including phenoxy) is 7. The van der Waals surface area contributed by atoms with Crippen LogP contribution in [0.2, 0.25) is 0 Å². The summed E-state index contributed by atoms with van der Waals surface area (Å²) in [4.78, 5) is 0. The van der Waals surface area contributed by atoms with Crippen molar-refractivity contribution in [3.05, 3.63) is 0 Å². The summed E-state index contributed by atoms with van der Waals surface area (Å²) in [6.07, 6.45) is -33.2. The summed E-state index contributed by atoms with van der Waals surface area (Å²) in [5.74, 6) is 0. The molecule has 0 spiro atoms. The summed E-state index contributed by atoms with van der Waals surface area (Å²) >= 11 is 0. The fraction of sp³-hybridized carbons (Fsp3) is 1.00. The van der Waals surface area contributed by atoms with Crippen LogP contribution in [0.25, 0.3) is 0 Å². The molecule has 20 nitrogen and oxygen atoms in total. The summed E-state index contributed by atoms with van der Waals surface area (Å²) in [6, 6.07) is 0. The number of aliphatic hydroxyl groups excluding tert-OH is 13. The van der Waals surface area contributed by atoms with Gasteiger partial charge in [0.1, 0.15) is 91.6 Å². The smallest absolute Gasteiger partial charge is 0.187 e. The van der Waals surface area contributed by atoms with E-state index in [0.717, 1.165) is 0 Å². The van der Waals surface area contributed by atoms with Crippen molar-refractivity contribution in [3.8, 4) is 0 Å². The van der Waals surface area contributed by atoms with Crippen LogP contribution in [0.15, 0.2) is 0 Å². The van der Waals surface area contributed by atoms with Crippen molar-refractivity contribution < 1.29 is 99.5 Å². The lowest BCUT2D eigenvalue weighted by atomic mass is 9.96. The minimum absolute atomic E-state index is 0.674. The minimum Gasteiger partial charge on any atom is -0.394 e. The highest BCUT2D eigenvalue weighted by atomic mass is 16.8. The van der Waals surface area contributed by atoms with E-state index in [2.05, 4.69) is 0 Å². The quantitative estimate of drug-likeness (QED) is 0.110. The Labute approximate surface area is 249 Å². The van der Waals surface area contributed by atoms with Crippen LogP contribution < -0.4 is 0 Å². The topological polar surface area (TPSA) is 328 Å². The number of hydrogen-bond acceptors (Lipinski definition) is 20. The van der Waals surface area contributed by atoms with Crippen LogP contribution in [-0.2, 0) is 33.2 Å². The molecule has 0 radical (unpaired) electrons. The number of aliphatic hydroxyl groups is 13. The Morgan fingerprint density at radius 3 is 1.55 bits per heavy atom. The van der Waals surface area contributed by atoms with Gasteiger partial charge in [-0.15, -0.1) is 0 Å². The van der Waals surface area contributed by atoms with Gasteiger partial charge in [-0.25, -0.2) is 0 Å². The van der Waals surface area contributed by atoms with Crippen LogP contribution in [0, 0.1) is 0 Å². The van der Waals surface area contributed by atoms with Gasteiger partial charge >= 0.3 is 0 Å². The predicted molar refractivity (Wildman–Crippen MR) is 132 cm³/mol. The summed E-state index contributed by atoms with van der Waals surface area (Å²) in [5, 5.41) is 132. The van der Waals surface area contributed by atoms with Crippen molar-refractivity contribution in [3.63, 3.8) is 0 Å². The van der Waals surface area contributed by atoms with Crippen molar-refractivity contribution in [2.75, 3.05) is 19.8 Å². The van der Waals surface area contributed by atoms with Crippen molar-refractivity contribution in [1.82, 2.24) is 0 Å². The van der Waals surface area contributed by atoms with E-state index >= 15 is 0 Å². The first-order valence-corrected chi connectivity index (χ1v) is 14.0. The highest BCUT2D eigenvalue weighted by Crippen LogP contribution is 2.32. The zero-order chi connectivity index (χ0) is 32.6. The fourth-order valence-electron chi connectivity index (χ4n) is 5.37. The molecule has 0 saturated carbocycles. The van der Waals surface area contributed by atoms with Crippen molar-refractivity contribution >= 4 is 0 Å². The molecule has 13 N–H and O–H groups in total. The molecule has 0 bridgehead atoms. The molecule has 4 fully saturated rings. The first-order valence-electron chi connectivity index (χ1n) is 14.0. The minimum atomic E-state index is -1.99. The number of rotatable bonds is 9. The maximum atomic E-state index is 10.7. The van der Waals surface area contributed by atoms with Gasteiger partial charge in [-0.05, 0) is 6.92 Å². The Balaban J connectivity index is 1.34. The van der Waals surface area contributed by atoms with E-state index in [0.29, 0.717) is 0 Å². The largest absolute Gasteiger partial charge is 0.394 e. The second-order valence-electron chi connectivity index (χ2n) is 11.2. The van der Waals surface area contributed by atoms with Gasteiger partial charge in [-0.3, -0.25) is 0 Å². The molecule has 0 aromatic carbocycles. The second kappa shape index (κ2) is 15.0. The summed E-state index contributed by atoms with van der Waals surface area (Å²) < 4.78 is 37.5. The zero-order valence-electron chi connectivity index (χ0n) is 23.3. The molecule has 1 unspecified atom stereocenters. The molecule has 258 valence electrons. The Kier molecular flexibility index (Phi) is 12.3. The number of hydrogen-bond donors (Lipinski definition) is 13. The molecule has 0 aromatic heterocycles. The average Bonchev–Trinajstić information content (AvgIpc) is 3.00. The highest BCUT2D eigenvalue weighted by molar-refractivity contribution is 4.96. The molecule has 20 atom stereocenters. The van der Waals surface area contributed by atoms with Crippen LogP contribution in [0.1, 0.15) is 6.92 Å². The van der Waals surface area contributed by atoms with Gasteiger partial charge < -0.3 is 99.5 Å². The standard InChI is InChI=1S/C24H42O20/c1-5-9(27)12(30)16(34)23(39-5)43-19-7(3-26)42-22(18(36)15(19)33)38-4-8-11(29)14(32)20(21(37)40-8)44-24-17(35)13(31)10(28)6(2-25)41-24/h5-37H,2-4H2,1H3/t5-,6+,7+,8+,9-,10+,11+,12+,13-,14-,15-,16+,17+,18+,19+,20+,21?,22+,23-,24-/m0/s1. The van der Waals surface area contributed by atoms with E-state index in [1.165, 1.54) is 6.92 Å². The average molecular weight is 651 g/mol. The first-order chi connectivity index (χ1) is 20.7. The first kappa shape index (κ1) is 36.0. The van der Waals surface area contributed by atoms with E-state index in [-0.39, 0.29) is 0 Å². The lowest BCUT2D eigenvalue weighted by molar-refractivity contribution is -0.372. The van der Waals surface area contributed by atoms with Crippen molar-refractivity contribution in [1.29, 1.82) is 0 Å². The Hall–Kier alpha value is -0.800. The normalized spacial score (nSPS) is 53.9. The Morgan fingerprint density at radius 2 is 0.932 bits per heavy atom. The van der Waals surface area contributed by atoms with Crippen LogP contribution in [0.4, 0.5) is 0 Å². The third kappa shape index (κ3) is 7.19. The Bertz CT molecular complexity index is 898. The molecule has 4 aliphatic rings. The highest BCUT2D eigenvalue weighted by Gasteiger charge is 2.53. The van der Waals surface area contributed by atoms with E-state index in [9.17, 15) is 66.4 Å². The van der Waals surface area contributed by atoms with Gasteiger partial charge in [0.05, 0.1) is 25.9 Å². The van der Waals surface area contributed by atoms with Crippen LogP contribution in [-0.4, -0.2) is 209 Å². The fourth-order valence-corrected chi connectivity index (χ4v) is 5.37. The molecule has 4 heterocycles. The predicted octanol–water partition coefficient (Wildman–Crippen LogP) is -8.72. The molecule has 0 aromatic rings. The van der Waals surface area contributed by atoms with Crippen LogP contribution in [0.5, 0.6) is 0 Å². The third-order valence-corrected chi connectivity index (χ3v) is 8.15. The molecule has 0 amide bonds. The molecule has 20 heteroatoms. The lowest BCUT2D eigenvalue weighted by Gasteiger charge is -2.46. The van der Waals surface area contributed by atoms with Gasteiger partial charge in [0.2, 0.25) is 0 Å². The SMILES string of the molecule is C[C@@H]1O[C@@H](O[C@H]2[C@@H](O)[C@@H](O)[C@H](OC[C@H]3OC(O)[C@H](O[C@@H]4O[C@H](CO)[C@@H](O)[C@H](O)[C@H]4O)[C@@H](O)[C@@H]3O)O[C@@H]2CO)[C@H](O)[C@H](O)[C@H]1O. The van der Waals surface area contributed by atoms with Gasteiger partial charge in [0.15, 0.2) is 25.2 Å². The summed E-state index contributed by atoms with van der Waals surface area (Å²) in [5.41, 5.74) is 0. The summed E-state index contributed by atoms with van der Waals surface area (Å²) in [7, 11) is 0. The van der Waals surface area contributed by atoms with Crippen molar-refractivity contribution in [2.45, 2.75) is 130 Å². The molecular weight excluding hydrogens is 608 g/mol. The summed E-state index contributed by atoms with van der Waals surface area (Å²) in [6.45, 7) is -0.845. The second-order valence-corrected chi connectivity index (χ2v) is 11.2. The van der Waals surface area contributed by atoms with Crippen LogP contribution in [0.3, 0.4) is 0 Å². The molecule has 0 aliphatic carbocycles. The van der Waals surface area contributed by atoms with E-state index in [1.807, 2.05) is 0 Å². The van der Waals surface area contributed by atoms with E-state index < -0.39 is 143 Å². The lowest BCUT2D eigenvalue weighted by Crippen LogP contribution is -2.65. The molecule has 4 rings (SSSR count). The van der Waals surface area contributed by atoms with E-state index in [1.54, 1.807) is 0 Å². The van der Waals surface area contributed by atoms with Gasteiger partial charge in [-0.1, -0.05) is 0 Å². The maximum absolute atomic E-state index is 10.7. The van der Waals surface area contributed by atoms with Gasteiger partial charge in [0.25, 0.3) is 0 Å². The van der Waals surface area contributed by atoms with E-state index in [4.69, 9.17) is 33.2 Å². The molecular formula is C24H42O20. The molecule has 4 aliphatic heterocycles. The Morgan fingerprint density at radius 1 is 0.455 bits per heavy atom. The molecule has 4 saturated heterocycles. The maximum Gasteiger partial charge on any atom is 0.187 e. The molecule has 44 heavy (non-hydrogen) atoms. The van der Waals surface area contributed by atoms with Gasteiger partial charge in [0, 0.05) is 0 Å². The van der Waals surface area contributed by atoms with Crippen molar-refractivity contribution in [2.24, 2.45) is 0 Å². The van der Waals surface area contributed by atoms with Crippen LogP contribution >= 0.6 is 0 Å². The zero-order valence-corrected chi connectivity index (χ0v) is 23.3. The monoisotopic (exact) mass is 650 g/mol.